The van der Waals surface area contributed by atoms with Crippen molar-refractivity contribution in [3.05, 3.63) is 123 Å². The summed E-state index contributed by atoms with van der Waals surface area (Å²) in [5, 5.41) is 0. The van der Waals surface area contributed by atoms with E-state index in [0.29, 0.717) is 0 Å². The second kappa shape index (κ2) is 26.0. The zero-order chi connectivity index (χ0) is 29.1. The molecule has 1 aliphatic heterocycles. The van der Waals surface area contributed by atoms with Gasteiger partial charge in [0.25, 0.3) is 0 Å². The molecule has 7 nitrogen and oxygen atoms in total. The summed E-state index contributed by atoms with van der Waals surface area (Å²) in [5.41, 5.74) is 3.27. The molecular formula is C29H26O7W. The second-order valence-corrected chi connectivity index (χ2v) is 8.31. The number of hydrogen-bond donors (Lipinski definition) is 0. The fraction of sp³-hybridized carbons (Fsp3) is 0.241. The van der Waals surface area contributed by atoms with Crippen molar-refractivity contribution in [1.82, 2.24) is 0 Å². The molecule has 0 saturated carbocycles. The molecule has 0 radical (unpaired) electrons. The van der Waals surface area contributed by atoms with Crippen LogP contribution in [0.5, 0.6) is 0 Å². The number of benzene rings is 2. The number of methoxy groups -OCH3 is 1. The quantitative estimate of drug-likeness (QED) is 0.282. The molecule has 1 aliphatic rings. The first-order chi connectivity index (χ1) is 18.2. The number of unbranched alkanes of at least 4 members (excludes halogenated alkanes) is 1. The van der Waals surface area contributed by atoms with E-state index in [9.17, 15) is 0 Å². The van der Waals surface area contributed by atoms with Crippen LogP contribution in [0.3, 0.4) is 0 Å². The summed E-state index contributed by atoms with van der Waals surface area (Å²) in [5.74, 6) is 0.937. The van der Waals surface area contributed by atoms with Crippen molar-refractivity contribution in [2.45, 2.75) is 38.2 Å². The van der Waals surface area contributed by atoms with Crippen LogP contribution in [-0.2, 0) is 57.7 Å². The van der Waals surface area contributed by atoms with Crippen molar-refractivity contribution in [2.75, 3.05) is 7.11 Å². The number of rotatable bonds is 7. The molecule has 1 atom stereocenters. The van der Waals surface area contributed by atoms with Gasteiger partial charge in [0.15, 0.2) is 0 Å². The van der Waals surface area contributed by atoms with E-state index in [1.807, 2.05) is 6.07 Å². The first-order valence-electron chi connectivity index (χ1n) is 10.5. The van der Waals surface area contributed by atoms with Crippen molar-refractivity contribution in [3.63, 3.8) is 0 Å². The van der Waals surface area contributed by atoms with Crippen molar-refractivity contribution < 1.29 is 52.1 Å². The third-order valence-corrected chi connectivity index (χ3v) is 5.93. The van der Waals surface area contributed by atoms with Gasteiger partial charge in [0, 0.05) is 0 Å². The predicted molar refractivity (Wildman–Crippen MR) is 128 cm³/mol. The molecule has 0 amide bonds. The van der Waals surface area contributed by atoms with E-state index in [4.69, 9.17) is 32.7 Å². The van der Waals surface area contributed by atoms with Crippen LogP contribution in [0, 0.1) is 33.3 Å². The Hall–Kier alpha value is -3.06. The summed E-state index contributed by atoms with van der Waals surface area (Å²) >= 11 is 1.33. The SMILES string of the molecule is CCCCC1(c2ccccc2)C/C(=C\[C](=[W])OC)C=C(c2ccccc2)O1.[C-]#[O+].[C-]#[O+].[C-]#[O+].[C-]#[O+].[C-]#[O+]. The van der Waals surface area contributed by atoms with Gasteiger partial charge in [0.2, 0.25) is 0 Å². The standard InChI is InChI=1S/C24H26O2.5CO.W/c1-3-4-16-24(22-13-9-6-10-14-22)19-20(15-17-25-2)18-23(26-24)21-11-7-5-8-12-21;5*1-2;/h5-15,18H,3-4,16,19H2,1-2H3;;;;;;/b20-15-;;;;;;. The molecule has 0 saturated heterocycles. The van der Waals surface area contributed by atoms with Crippen LogP contribution in [0.15, 0.2) is 78.4 Å². The van der Waals surface area contributed by atoms with Crippen LogP contribution in [-0.4, -0.2) is 11.2 Å². The topological polar surface area (TPSA) is 118 Å². The van der Waals surface area contributed by atoms with Gasteiger partial charge in [-0.2, -0.15) is 0 Å². The molecule has 0 spiro atoms. The normalized spacial score (nSPS) is 15.5. The maximum atomic E-state index is 7.50. The van der Waals surface area contributed by atoms with Gasteiger partial charge in [-0.1, -0.05) is 0 Å². The minimum atomic E-state index is -0.341. The molecule has 190 valence electrons. The Balaban J connectivity index is -0.00000103. The van der Waals surface area contributed by atoms with Gasteiger partial charge in [-0.05, 0) is 0 Å². The van der Waals surface area contributed by atoms with E-state index in [0.717, 1.165) is 41.1 Å². The molecule has 3 rings (SSSR count). The first kappa shape index (κ1) is 38.5. The van der Waals surface area contributed by atoms with E-state index in [-0.39, 0.29) is 5.60 Å². The van der Waals surface area contributed by atoms with Crippen molar-refractivity contribution in [2.24, 2.45) is 0 Å². The molecule has 0 aromatic heterocycles. The second-order valence-electron chi connectivity index (χ2n) is 6.86. The number of allylic oxidation sites excluding steroid dienone is 1. The van der Waals surface area contributed by atoms with Crippen LogP contribution in [0.4, 0.5) is 0 Å². The molecule has 0 aliphatic carbocycles. The Morgan fingerprint density at radius 3 is 1.84 bits per heavy atom. The van der Waals surface area contributed by atoms with Gasteiger partial charge >= 0.3 is 230 Å². The molecule has 0 N–H and O–H groups in total. The van der Waals surface area contributed by atoms with Gasteiger partial charge in [0.05, 0.1) is 0 Å². The molecule has 37 heavy (non-hydrogen) atoms. The summed E-state index contributed by atoms with van der Waals surface area (Å²) in [6.45, 7) is 24.7. The Labute approximate surface area is 229 Å². The van der Waals surface area contributed by atoms with E-state index in [2.05, 4.69) is 107 Å². The molecule has 0 bridgehead atoms. The first-order valence-corrected chi connectivity index (χ1v) is 12.0. The summed E-state index contributed by atoms with van der Waals surface area (Å²) in [4.78, 5) is 0. The van der Waals surface area contributed by atoms with Gasteiger partial charge in [-0.15, -0.1) is 0 Å². The third-order valence-electron chi connectivity index (χ3n) is 4.91. The zero-order valence-corrected chi connectivity index (χ0v) is 23.5. The fourth-order valence-electron chi connectivity index (χ4n) is 3.52. The van der Waals surface area contributed by atoms with Crippen LogP contribution in [0.1, 0.15) is 43.7 Å². The van der Waals surface area contributed by atoms with E-state index in [1.165, 1.54) is 30.5 Å². The minimum absolute atomic E-state index is 0.341. The number of hydrogen-bond acceptors (Lipinski definition) is 2. The van der Waals surface area contributed by atoms with Gasteiger partial charge in [0.1, 0.15) is 0 Å². The summed E-state index contributed by atoms with van der Waals surface area (Å²) in [6, 6.07) is 21.0. The van der Waals surface area contributed by atoms with E-state index < -0.39 is 0 Å². The Morgan fingerprint density at radius 2 is 1.38 bits per heavy atom. The molecule has 2 aromatic rings. The van der Waals surface area contributed by atoms with Crippen molar-refractivity contribution in [3.8, 4) is 0 Å². The zero-order valence-electron chi connectivity index (χ0n) is 20.5. The number of ether oxygens (including phenoxy) is 2. The molecule has 1 heterocycles. The monoisotopic (exact) mass is 670 g/mol. The fourth-order valence-corrected chi connectivity index (χ4v) is 4.07. The van der Waals surface area contributed by atoms with E-state index >= 15 is 0 Å². The van der Waals surface area contributed by atoms with Crippen LogP contribution in [0.2, 0.25) is 0 Å². The molecule has 8 heteroatoms. The maximum absolute atomic E-state index is 7.50. The summed E-state index contributed by atoms with van der Waals surface area (Å²) < 4.78 is 50.7. The molecule has 1 unspecified atom stereocenters. The van der Waals surface area contributed by atoms with E-state index in [1.54, 1.807) is 7.11 Å². The predicted octanol–water partition coefficient (Wildman–Crippen LogP) is 5.60. The molecular weight excluding hydrogens is 644 g/mol. The molecule has 2 aromatic carbocycles. The molecule has 0 fully saturated rings. The van der Waals surface area contributed by atoms with Crippen LogP contribution < -0.4 is 0 Å². The Morgan fingerprint density at radius 1 is 0.892 bits per heavy atom. The van der Waals surface area contributed by atoms with Crippen LogP contribution in [0.25, 0.3) is 5.76 Å². The van der Waals surface area contributed by atoms with Gasteiger partial charge in [-0.3, -0.25) is 0 Å². The van der Waals surface area contributed by atoms with Crippen molar-refractivity contribution in [1.29, 1.82) is 0 Å². The Bertz CT molecular complexity index is 1010. The van der Waals surface area contributed by atoms with Gasteiger partial charge in [-0.25, -0.2) is 0 Å². The Kier molecular flexibility index (Phi) is 27.0. The average Bonchev–Trinajstić information content (AvgIpc) is 3.02. The summed E-state index contributed by atoms with van der Waals surface area (Å²) in [6.07, 6.45) is 8.47. The average molecular weight is 670 g/mol. The van der Waals surface area contributed by atoms with Crippen LogP contribution >= 0.6 is 0 Å². The van der Waals surface area contributed by atoms with Gasteiger partial charge < -0.3 is 0 Å². The summed E-state index contributed by atoms with van der Waals surface area (Å²) in [7, 11) is 1.74. The van der Waals surface area contributed by atoms with Crippen molar-refractivity contribution >= 4 is 9.84 Å². The third kappa shape index (κ3) is 13.7.